The maximum Gasteiger partial charge on any atom is 0.0268 e. The highest BCUT2D eigenvalue weighted by Crippen LogP contribution is 2.52. The highest BCUT2D eigenvalue weighted by molar-refractivity contribution is 5.47. The monoisotopic (exact) mass is 446 g/mol. The van der Waals surface area contributed by atoms with Gasteiger partial charge in [0.1, 0.15) is 0 Å². The smallest absolute Gasteiger partial charge is 0.0268 e. The van der Waals surface area contributed by atoms with Crippen molar-refractivity contribution in [2.45, 2.75) is 63.7 Å². The molecule has 4 rings (SSSR count). The van der Waals surface area contributed by atoms with Crippen molar-refractivity contribution in [2.75, 3.05) is 0 Å². The van der Waals surface area contributed by atoms with Crippen LogP contribution in [0.2, 0.25) is 0 Å². The molecule has 0 aliphatic carbocycles. The maximum absolute atomic E-state index is 2.48. The summed E-state index contributed by atoms with van der Waals surface area (Å²) in [6.07, 6.45) is 2.16. The Kier molecular flexibility index (Phi) is 6.80. The van der Waals surface area contributed by atoms with Crippen molar-refractivity contribution in [3.05, 3.63) is 143 Å². The van der Waals surface area contributed by atoms with Gasteiger partial charge in [-0.3, -0.25) is 0 Å². The van der Waals surface area contributed by atoms with Gasteiger partial charge in [-0.25, -0.2) is 0 Å². The quantitative estimate of drug-likeness (QED) is 0.253. The van der Waals surface area contributed by atoms with Crippen LogP contribution in [-0.2, 0) is 16.2 Å². The van der Waals surface area contributed by atoms with Crippen LogP contribution in [0.4, 0.5) is 0 Å². The molecule has 0 aliphatic heterocycles. The largest absolute Gasteiger partial charge is 0.0622 e. The van der Waals surface area contributed by atoms with Gasteiger partial charge < -0.3 is 0 Å². The van der Waals surface area contributed by atoms with Crippen LogP contribution in [0.3, 0.4) is 0 Å². The topological polar surface area (TPSA) is 0 Å². The predicted molar refractivity (Wildman–Crippen MR) is 147 cm³/mol. The van der Waals surface area contributed by atoms with E-state index in [1.54, 1.807) is 0 Å². The lowest BCUT2D eigenvalue weighted by Gasteiger charge is -2.49. The molecule has 0 spiro atoms. The molecule has 0 nitrogen and oxygen atoms in total. The molecule has 0 heteroatoms. The van der Waals surface area contributed by atoms with Crippen molar-refractivity contribution in [3.8, 4) is 0 Å². The van der Waals surface area contributed by atoms with E-state index in [-0.39, 0.29) is 16.2 Å². The molecule has 0 aromatic heterocycles. The second-order valence-electron chi connectivity index (χ2n) is 10.8. The summed E-state index contributed by atoms with van der Waals surface area (Å²) in [6, 6.07) is 42.2. The molecule has 0 saturated heterocycles. The van der Waals surface area contributed by atoms with Gasteiger partial charge >= 0.3 is 0 Å². The minimum absolute atomic E-state index is 0.0790. The van der Waals surface area contributed by atoms with Gasteiger partial charge in [0.15, 0.2) is 0 Å². The van der Waals surface area contributed by atoms with E-state index >= 15 is 0 Å². The second-order valence-corrected chi connectivity index (χ2v) is 10.8. The average molecular weight is 447 g/mol. The van der Waals surface area contributed by atoms with E-state index in [1.807, 2.05) is 0 Å². The van der Waals surface area contributed by atoms with Crippen LogP contribution in [-0.4, -0.2) is 0 Å². The van der Waals surface area contributed by atoms with Gasteiger partial charge in [0.25, 0.3) is 0 Å². The van der Waals surface area contributed by atoms with E-state index in [4.69, 9.17) is 0 Å². The van der Waals surface area contributed by atoms with Gasteiger partial charge in [0.2, 0.25) is 0 Å². The Hall–Kier alpha value is -3.12. The molecule has 4 aromatic carbocycles. The summed E-state index contributed by atoms with van der Waals surface area (Å²) in [5, 5.41) is 0. The van der Waals surface area contributed by atoms with Gasteiger partial charge in [-0.05, 0) is 53.0 Å². The normalized spacial score (nSPS) is 13.9. The third-order valence-corrected chi connectivity index (χ3v) is 8.34. The SMILES string of the molecule is Cc1ccccc1C(C)(C)CC[C@](C)(c1ccccc1)C(C)(c1ccccc1)c1ccccc1. The minimum atomic E-state index is -0.196. The summed E-state index contributed by atoms with van der Waals surface area (Å²) in [7, 11) is 0. The first-order valence-electron chi connectivity index (χ1n) is 12.5. The Morgan fingerprint density at radius 2 is 0.882 bits per heavy atom. The lowest BCUT2D eigenvalue weighted by atomic mass is 9.53. The van der Waals surface area contributed by atoms with Crippen molar-refractivity contribution < 1.29 is 0 Å². The molecular formula is C34H38. The fourth-order valence-corrected chi connectivity index (χ4v) is 5.87. The molecule has 0 bridgehead atoms. The zero-order valence-corrected chi connectivity index (χ0v) is 21.4. The van der Waals surface area contributed by atoms with Gasteiger partial charge in [-0.15, -0.1) is 0 Å². The van der Waals surface area contributed by atoms with Crippen molar-refractivity contribution >= 4 is 0 Å². The first-order chi connectivity index (χ1) is 16.3. The van der Waals surface area contributed by atoms with Crippen LogP contribution in [0, 0.1) is 6.92 Å². The molecule has 4 aromatic rings. The van der Waals surface area contributed by atoms with E-state index in [0.29, 0.717) is 0 Å². The van der Waals surface area contributed by atoms with E-state index in [0.717, 1.165) is 12.8 Å². The fourth-order valence-electron chi connectivity index (χ4n) is 5.87. The Labute approximate surface area is 206 Å². The van der Waals surface area contributed by atoms with E-state index in [1.165, 1.54) is 27.8 Å². The highest BCUT2D eigenvalue weighted by atomic mass is 14.5. The Bertz CT molecular complexity index is 1150. The predicted octanol–water partition coefficient (Wildman–Crippen LogP) is 9.02. The molecule has 34 heavy (non-hydrogen) atoms. The summed E-state index contributed by atoms with van der Waals surface area (Å²) in [6.45, 7) is 12.0. The zero-order valence-electron chi connectivity index (χ0n) is 21.4. The molecule has 0 radical (unpaired) electrons. The van der Waals surface area contributed by atoms with Crippen LogP contribution >= 0.6 is 0 Å². The Balaban J connectivity index is 1.87. The second kappa shape index (κ2) is 9.63. The first kappa shape index (κ1) is 24.0. The molecule has 0 aliphatic rings. The van der Waals surface area contributed by atoms with Gasteiger partial charge in [-0.1, -0.05) is 143 Å². The summed E-state index contributed by atoms with van der Waals surface area (Å²) >= 11 is 0. The molecule has 0 N–H and O–H groups in total. The molecule has 0 saturated carbocycles. The standard InChI is InChI=1S/C34H38/c1-27-17-15-16-24-31(27)32(2,3)25-26-33(4,28-18-9-6-10-19-28)34(5,29-20-11-7-12-21-29)30-22-13-8-14-23-30/h6-24H,25-26H2,1-5H3/t33-/m1/s1. The van der Waals surface area contributed by atoms with Crippen LogP contribution in [0.1, 0.15) is 68.4 Å². The van der Waals surface area contributed by atoms with Gasteiger partial charge in [-0.2, -0.15) is 0 Å². The zero-order chi connectivity index (χ0) is 24.2. The maximum atomic E-state index is 2.48. The summed E-state index contributed by atoms with van der Waals surface area (Å²) in [5.41, 5.74) is 6.72. The molecular weight excluding hydrogens is 408 g/mol. The van der Waals surface area contributed by atoms with Crippen molar-refractivity contribution in [1.82, 2.24) is 0 Å². The van der Waals surface area contributed by atoms with Crippen molar-refractivity contribution in [1.29, 1.82) is 0 Å². The summed E-state index contributed by atoms with van der Waals surface area (Å²) in [5.74, 6) is 0. The number of hydrogen-bond acceptors (Lipinski definition) is 0. The van der Waals surface area contributed by atoms with Crippen molar-refractivity contribution in [2.24, 2.45) is 0 Å². The molecule has 174 valence electrons. The van der Waals surface area contributed by atoms with Crippen molar-refractivity contribution in [3.63, 3.8) is 0 Å². The van der Waals surface area contributed by atoms with E-state index in [2.05, 4.69) is 150 Å². The van der Waals surface area contributed by atoms with E-state index in [9.17, 15) is 0 Å². The lowest BCUT2D eigenvalue weighted by Crippen LogP contribution is -2.47. The Morgan fingerprint density at radius 3 is 1.35 bits per heavy atom. The molecule has 0 amide bonds. The third kappa shape index (κ3) is 4.34. The molecule has 1 atom stereocenters. The summed E-state index contributed by atoms with van der Waals surface area (Å²) in [4.78, 5) is 0. The van der Waals surface area contributed by atoms with Crippen LogP contribution < -0.4 is 0 Å². The lowest BCUT2D eigenvalue weighted by molar-refractivity contribution is 0.251. The number of hydrogen-bond donors (Lipinski definition) is 0. The van der Waals surface area contributed by atoms with E-state index < -0.39 is 0 Å². The first-order valence-corrected chi connectivity index (χ1v) is 12.5. The van der Waals surface area contributed by atoms with Crippen LogP contribution in [0.5, 0.6) is 0 Å². The minimum Gasteiger partial charge on any atom is -0.0622 e. The third-order valence-electron chi connectivity index (χ3n) is 8.34. The number of aryl methyl sites for hydroxylation is 1. The molecule has 0 fully saturated rings. The molecule has 0 unspecified atom stereocenters. The van der Waals surface area contributed by atoms with Gasteiger partial charge in [0, 0.05) is 10.8 Å². The molecule has 0 heterocycles. The van der Waals surface area contributed by atoms with Gasteiger partial charge in [0.05, 0.1) is 0 Å². The average Bonchev–Trinajstić information content (AvgIpc) is 2.88. The number of benzene rings is 4. The number of rotatable bonds is 8. The highest BCUT2D eigenvalue weighted by Gasteiger charge is 2.48. The summed E-state index contributed by atoms with van der Waals surface area (Å²) < 4.78 is 0. The van der Waals surface area contributed by atoms with Crippen LogP contribution in [0.15, 0.2) is 115 Å². The Morgan fingerprint density at radius 1 is 0.471 bits per heavy atom. The van der Waals surface area contributed by atoms with Crippen LogP contribution in [0.25, 0.3) is 0 Å². The fraction of sp³-hybridized carbons (Fsp3) is 0.294.